The van der Waals surface area contributed by atoms with E-state index in [0.29, 0.717) is 9.75 Å². The zero-order chi connectivity index (χ0) is 12.7. The molecule has 1 aromatic rings. The van der Waals surface area contributed by atoms with Gasteiger partial charge in [0.15, 0.2) is 0 Å². The van der Waals surface area contributed by atoms with Crippen LogP contribution in [0.5, 0.6) is 0 Å². The second kappa shape index (κ2) is 4.14. The number of hydrogen-bond donors (Lipinski definition) is 0. The summed E-state index contributed by atoms with van der Waals surface area (Å²) in [6, 6.07) is 1.26. The number of halogens is 6. The highest BCUT2D eigenvalue weighted by molar-refractivity contribution is 7.12. The van der Waals surface area contributed by atoms with Crippen LogP contribution in [0.4, 0.5) is 22.0 Å². The molecule has 0 aromatic carbocycles. The number of thiophene rings is 1. The molecule has 0 radical (unpaired) electrons. The SMILES string of the molecule is Cc1cc(C(Cl)C(F)(F)C(F)(F)F)c(C)s1. The van der Waals surface area contributed by atoms with Crippen molar-refractivity contribution in [3.05, 3.63) is 21.4 Å². The smallest absolute Gasteiger partial charge is 0.194 e. The Labute approximate surface area is 98.0 Å². The molecule has 0 fully saturated rings. The van der Waals surface area contributed by atoms with Crippen molar-refractivity contribution in [1.29, 1.82) is 0 Å². The summed E-state index contributed by atoms with van der Waals surface area (Å²) >= 11 is 6.38. The maximum Gasteiger partial charge on any atom is 0.455 e. The fourth-order valence-corrected chi connectivity index (χ4v) is 2.62. The van der Waals surface area contributed by atoms with E-state index in [0.717, 1.165) is 11.3 Å². The van der Waals surface area contributed by atoms with Gasteiger partial charge in [0.2, 0.25) is 0 Å². The van der Waals surface area contributed by atoms with Crippen molar-refractivity contribution in [3.8, 4) is 0 Å². The highest BCUT2D eigenvalue weighted by Crippen LogP contribution is 2.49. The molecule has 92 valence electrons. The second-order valence-electron chi connectivity index (χ2n) is 3.35. The molecule has 0 aliphatic rings. The van der Waals surface area contributed by atoms with Gasteiger partial charge < -0.3 is 0 Å². The first kappa shape index (κ1) is 13.7. The molecule has 16 heavy (non-hydrogen) atoms. The first-order valence-electron chi connectivity index (χ1n) is 4.23. The molecule has 0 N–H and O–H groups in total. The molecule has 1 rings (SSSR count). The molecule has 1 aromatic heterocycles. The summed E-state index contributed by atoms with van der Waals surface area (Å²) < 4.78 is 62.1. The predicted molar refractivity (Wildman–Crippen MR) is 53.4 cm³/mol. The van der Waals surface area contributed by atoms with Gasteiger partial charge in [-0.25, -0.2) is 0 Å². The Hall–Kier alpha value is -0.360. The standard InChI is InChI=1S/C9H8ClF5S/c1-4-3-6(5(2)16-4)7(10)8(11,12)9(13,14)15/h3,7H,1-2H3. The van der Waals surface area contributed by atoms with Crippen molar-refractivity contribution in [1.82, 2.24) is 0 Å². The molecule has 0 nitrogen and oxygen atoms in total. The minimum Gasteiger partial charge on any atom is -0.194 e. The Morgan fingerprint density at radius 3 is 2.00 bits per heavy atom. The fraction of sp³-hybridized carbons (Fsp3) is 0.556. The van der Waals surface area contributed by atoms with Crippen LogP contribution in [0.15, 0.2) is 6.07 Å². The summed E-state index contributed by atoms with van der Waals surface area (Å²) in [6.45, 7) is 3.09. The third-order valence-electron chi connectivity index (χ3n) is 2.05. The van der Waals surface area contributed by atoms with E-state index in [2.05, 4.69) is 0 Å². The molecule has 0 amide bonds. The summed E-state index contributed by atoms with van der Waals surface area (Å²) in [5, 5.41) is -2.38. The highest BCUT2D eigenvalue weighted by Gasteiger charge is 2.62. The zero-order valence-corrected chi connectivity index (χ0v) is 9.90. The summed E-state index contributed by atoms with van der Waals surface area (Å²) in [5.74, 6) is -4.92. The molecule has 7 heteroatoms. The average Bonchev–Trinajstić information content (AvgIpc) is 2.41. The number of aryl methyl sites for hydroxylation is 2. The van der Waals surface area contributed by atoms with Crippen LogP contribution in [0.3, 0.4) is 0 Å². The Morgan fingerprint density at radius 2 is 1.69 bits per heavy atom. The van der Waals surface area contributed by atoms with Gasteiger partial charge in [0, 0.05) is 9.75 Å². The summed E-state index contributed by atoms with van der Waals surface area (Å²) in [6.07, 6.45) is -5.64. The van der Waals surface area contributed by atoms with Crippen LogP contribution in [-0.4, -0.2) is 12.1 Å². The Bertz CT molecular complexity index is 382. The van der Waals surface area contributed by atoms with Crippen molar-refractivity contribution in [2.24, 2.45) is 0 Å². The maximum atomic E-state index is 12.9. The van der Waals surface area contributed by atoms with E-state index in [9.17, 15) is 22.0 Å². The monoisotopic (exact) mass is 278 g/mol. The van der Waals surface area contributed by atoms with Gasteiger partial charge >= 0.3 is 12.1 Å². The van der Waals surface area contributed by atoms with Crippen LogP contribution in [0.2, 0.25) is 0 Å². The predicted octanol–water partition coefficient (Wildman–Crippen LogP) is 4.84. The molecule has 1 atom stereocenters. The van der Waals surface area contributed by atoms with Gasteiger partial charge in [0.05, 0.1) is 0 Å². The molecular formula is C9H8ClF5S. The Kier molecular flexibility index (Phi) is 3.55. The second-order valence-corrected chi connectivity index (χ2v) is 5.25. The van der Waals surface area contributed by atoms with Gasteiger partial charge in [-0.1, -0.05) is 0 Å². The minimum atomic E-state index is -5.64. The minimum absolute atomic E-state index is 0.161. The fourth-order valence-electron chi connectivity index (χ4n) is 1.24. The van der Waals surface area contributed by atoms with Crippen molar-refractivity contribution in [3.63, 3.8) is 0 Å². The molecule has 0 saturated heterocycles. The first-order valence-corrected chi connectivity index (χ1v) is 5.48. The molecule has 0 aliphatic heterocycles. The lowest BCUT2D eigenvalue weighted by Gasteiger charge is -2.24. The highest BCUT2D eigenvalue weighted by atomic mass is 35.5. The van der Waals surface area contributed by atoms with E-state index in [1.807, 2.05) is 0 Å². The summed E-state index contributed by atoms with van der Waals surface area (Å²) in [4.78, 5) is 1.03. The van der Waals surface area contributed by atoms with Gasteiger partial charge in [-0.3, -0.25) is 0 Å². The lowest BCUT2D eigenvalue weighted by Crippen LogP contribution is -2.40. The van der Waals surface area contributed by atoms with E-state index in [-0.39, 0.29) is 5.56 Å². The lowest BCUT2D eigenvalue weighted by molar-refractivity contribution is -0.283. The molecule has 1 unspecified atom stereocenters. The molecular weight excluding hydrogens is 271 g/mol. The van der Waals surface area contributed by atoms with Gasteiger partial charge in [0.25, 0.3) is 0 Å². The van der Waals surface area contributed by atoms with E-state index >= 15 is 0 Å². The van der Waals surface area contributed by atoms with Gasteiger partial charge in [-0.15, -0.1) is 22.9 Å². The van der Waals surface area contributed by atoms with Crippen molar-refractivity contribution < 1.29 is 22.0 Å². The largest absolute Gasteiger partial charge is 0.455 e. The lowest BCUT2D eigenvalue weighted by atomic mass is 10.1. The van der Waals surface area contributed by atoms with E-state index < -0.39 is 17.5 Å². The third kappa shape index (κ3) is 2.32. The number of rotatable bonds is 2. The number of alkyl halides is 6. The van der Waals surface area contributed by atoms with Crippen LogP contribution < -0.4 is 0 Å². The topological polar surface area (TPSA) is 0 Å². The van der Waals surface area contributed by atoms with Crippen molar-refractivity contribution in [2.75, 3.05) is 0 Å². The van der Waals surface area contributed by atoms with Crippen LogP contribution in [-0.2, 0) is 0 Å². The number of hydrogen-bond acceptors (Lipinski definition) is 1. The summed E-state index contributed by atoms with van der Waals surface area (Å²) in [7, 11) is 0. The van der Waals surface area contributed by atoms with E-state index in [4.69, 9.17) is 11.6 Å². The van der Waals surface area contributed by atoms with Gasteiger partial charge in [-0.2, -0.15) is 22.0 Å². The molecule has 0 bridgehead atoms. The molecule has 0 saturated carbocycles. The normalized spacial score (nSPS) is 15.2. The van der Waals surface area contributed by atoms with Crippen molar-refractivity contribution >= 4 is 22.9 Å². The summed E-state index contributed by atoms with van der Waals surface area (Å²) in [5.41, 5.74) is -0.161. The molecule has 0 spiro atoms. The van der Waals surface area contributed by atoms with Crippen LogP contribution in [0, 0.1) is 13.8 Å². The van der Waals surface area contributed by atoms with Gasteiger partial charge in [-0.05, 0) is 25.5 Å². The van der Waals surface area contributed by atoms with Crippen molar-refractivity contribution in [2.45, 2.75) is 31.3 Å². The molecule has 0 aliphatic carbocycles. The Morgan fingerprint density at radius 1 is 1.19 bits per heavy atom. The van der Waals surface area contributed by atoms with Crippen LogP contribution in [0.1, 0.15) is 20.7 Å². The van der Waals surface area contributed by atoms with Crippen LogP contribution in [0.25, 0.3) is 0 Å². The first-order chi connectivity index (χ1) is 7.07. The average molecular weight is 279 g/mol. The van der Waals surface area contributed by atoms with E-state index in [1.54, 1.807) is 6.92 Å². The zero-order valence-electron chi connectivity index (χ0n) is 8.33. The van der Waals surface area contributed by atoms with Crippen LogP contribution >= 0.6 is 22.9 Å². The third-order valence-corrected chi connectivity index (χ3v) is 3.54. The molecule has 1 heterocycles. The van der Waals surface area contributed by atoms with E-state index in [1.165, 1.54) is 13.0 Å². The maximum absolute atomic E-state index is 12.9. The Balaban J connectivity index is 3.11. The van der Waals surface area contributed by atoms with Gasteiger partial charge in [0.1, 0.15) is 5.38 Å². The quantitative estimate of drug-likeness (QED) is 0.536.